The first-order valence-electron chi connectivity index (χ1n) is 6.08. The van der Waals surface area contributed by atoms with Crippen molar-refractivity contribution in [3.05, 3.63) is 57.8 Å². The van der Waals surface area contributed by atoms with Gasteiger partial charge in [0.15, 0.2) is 0 Å². The summed E-state index contributed by atoms with van der Waals surface area (Å²) in [6.45, 7) is 2.44. The summed E-state index contributed by atoms with van der Waals surface area (Å²) in [5.41, 5.74) is 2.67. The molecule has 19 heavy (non-hydrogen) atoms. The average Bonchev–Trinajstić information content (AvgIpc) is 2.40. The number of rotatable bonds is 1. The number of aryl methyl sites for hydroxylation is 1. The molecule has 0 aromatic heterocycles. The zero-order valence-corrected chi connectivity index (χ0v) is 12.0. The maximum atomic E-state index is 13.9. The third-order valence-electron chi connectivity index (χ3n) is 3.20. The third kappa shape index (κ3) is 2.45. The van der Waals surface area contributed by atoms with Gasteiger partial charge < -0.3 is 10.1 Å². The van der Waals surface area contributed by atoms with Crippen molar-refractivity contribution in [2.75, 3.05) is 11.9 Å². The minimum absolute atomic E-state index is 0.174. The van der Waals surface area contributed by atoms with Crippen LogP contribution in [0.3, 0.4) is 0 Å². The van der Waals surface area contributed by atoms with Crippen LogP contribution in [0.4, 0.5) is 10.1 Å². The molecule has 0 saturated heterocycles. The van der Waals surface area contributed by atoms with Crippen LogP contribution in [0.15, 0.2) is 40.9 Å². The van der Waals surface area contributed by atoms with E-state index in [0.717, 1.165) is 21.5 Å². The lowest BCUT2D eigenvalue weighted by Gasteiger charge is -2.28. The lowest BCUT2D eigenvalue weighted by molar-refractivity contribution is 0.283. The Bertz CT molecular complexity index is 630. The molecule has 0 bridgehead atoms. The van der Waals surface area contributed by atoms with Gasteiger partial charge in [0.2, 0.25) is 0 Å². The lowest BCUT2D eigenvalue weighted by atomic mass is 10.0. The van der Waals surface area contributed by atoms with Gasteiger partial charge in [-0.25, -0.2) is 4.39 Å². The summed E-state index contributed by atoms with van der Waals surface area (Å²) in [4.78, 5) is 0. The van der Waals surface area contributed by atoms with Gasteiger partial charge in [-0.2, -0.15) is 0 Å². The van der Waals surface area contributed by atoms with Gasteiger partial charge in [-0.3, -0.25) is 0 Å². The second-order valence-electron chi connectivity index (χ2n) is 4.67. The number of nitrogens with one attached hydrogen (secondary N) is 1. The highest BCUT2D eigenvalue weighted by molar-refractivity contribution is 9.10. The number of benzene rings is 2. The second-order valence-corrected chi connectivity index (χ2v) is 5.59. The molecule has 4 heteroatoms. The molecule has 2 aromatic rings. The average molecular weight is 322 g/mol. The zero-order chi connectivity index (χ0) is 13.4. The van der Waals surface area contributed by atoms with E-state index in [1.54, 1.807) is 12.1 Å². The van der Waals surface area contributed by atoms with Gasteiger partial charge in [-0.05, 0) is 42.8 Å². The summed E-state index contributed by atoms with van der Waals surface area (Å²) in [5, 5.41) is 3.34. The molecule has 1 aliphatic rings. The molecule has 1 heterocycles. The summed E-state index contributed by atoms with van der Waals surface area (Å²) >= 11 is 3.37. The molecule has 1 atom stereocenters. The summed E-state index contributed by atoms with van der Waals surface area (Å²) < 4.78 is 20.5. The van der Waals surface area contributed by atoms with Crippen molar-refractivity contribution in [3.8, 4) is 5.75 Å². The van der Waals surface area contributed by atoms with E-state index >= 15 is 0 Å². The lowest BCUT2D eigenvalue weighted by Crippen LogP contribution is -2.24. The fraction of sp³-hybridized carbons (Fsp3) is 0.200. The van der Waals surface area contributed by atoms with Crippen molar-refractivity contribution in [2.24, 2.45) is 0 Å². The summed E-state index contributed by atoms with van der Waals surface area (Å²) in [7, 11) is 0. The number of hydrogen-bond donors (Lipinski definition) is 1. The van der Waals surface area contributed by atoms with E-state index in [0.29, 0.717) is 12.2 Å². The van der Waals surface area contributed by atoms with Gasteiger partial charge in [0.25, 0.3) is 0 Å². The van der Waals surface area contributed by atoms with Crippen molar-refractivity contribution >= 4 is 21.6 Å². The van der Waals surface area contributed by atoms with E-state index in [4.69, 9.17) is 4.74 Å². The molecule has 0 saturated carbocycles. The van der Waals surface area contributed by atoms with Gasteiger partial charge in [0.1, 0.15) is 18.2 Å². The van der Waals surface area contributed by atoms with E-state index in [9.17, 15) is 4.39 Å². The van der Waals surface area contributed by atoms with Crippen LogP contribution in [0.2, 0.25) is 0 Å². The molecular weight excluding hydrogens is 309 g/mol. The SMILES string of the molecule is Cc1ccc2c(c1)NC(c1cc(Br)ccc1F)CO2. The Labute approximate surface area is 119 Å². The van der Waals surface area contributed by atoms with E-state index in [2.05, 4.69) is 21.2 Å². The van der Waals surface area contributed by atoms with Crippen LogP contribution in [0.5, 0.6) is 5.75 Å². The van der Waals surface area contributed by atoms with Crippen LogP contribution < -0.4 is 10.1 Å². The predicted octanol–water partition coefficient (Wildman–Crippen LogP) is 4.44. The zero-order valence-electron chi connectivity index (χ0n) is 10.4. The van der Waals surface area contributed by atoms with Gasteiger partial charge in [0, 0.05) is 10.0 Å². The molecule has 2 nitrogen and oxygen atoms in total. The molecule has 0 spiro atoms. The molecule has 0 fully saturated rings. The number of ether oxygens (including phenoxy) is 1. The smallest absolute Gasteiger partial charge is 0.142 e. The Kier molecular flexibility index (Phi) is 3.19. The van der Waals surface area contributed by atoms with Crippen LogP contribution in [0.1, 0.15) is 17.2 Å². The standard InChI is InChI=1S/C15H13BrFNO/c1-9-2-5-15-13(6-9)18-14(8-19-15)11-7-10(16)3-4-12(11)17/h2-7,14,18H,8H2,1H3. The van der Waals surface area contributed by atoms with Crippen LogP contribution in [0, 0.1) is 12.7 Å². The molecule has 1 unspecified atom stereocenters. The first-order valence-corrected chi connectivity index (χ1v) is 6.88. The van der Waals surface area contributed by atoms with Crippen molar-refractivity contribution in [2.45, 2.75) is 13.0 Å². The van der Waals surface area contributed by atoms with Crippen LogP contribution in [-0.2, 0) is 0 Å². The minimum atomic E-state index is -0.222. The first-order chi connectivity index (χ1) is 9.13. The van der Waals surface area contributed by atoms with Gasteiger partial charge in [-0.1, -0.05) is 22.0 Å². The number of hydrogen-bond acceptors (Lipinski definition) is 2. The number of fused-ring (bicyclic) bond motifs is 1. The van der Waals surface area contributed by atoms with Crippen molar-refractivity contribution < 1.29 is 9.13 Å². The van der Waals surface area contributed by atoms with E-state index in [1.807, 2.05) is 25.1 Å². The molecule has 98 valence electrons. The Morgan fingerprint density at radius 3 is 2.95 bits per heavy atom. The fourth-order valence-corrected chi connectivity index (χ4v) is 2.61. The predicted molar refractivity (Wildman–Crippen MR) is 77.1 cm³/mol. The highest BCUT2D eigenvalue weighted by atomic mass is 79.9. The highest BCUT2D eigenvalue weighted by Crippen LogP contribution is 2.35. The molecular formula is C15H13BrFNO. The van der Waals surface area contributed by atoms with Gasteiger partial charge in [-0.15, -0.1) is 0 Å². The monoisotopic (exact) mass is 321 g/mol. The van der Waals surface area contributed by atoms with Gasteiger partial charge >= 0.3 is 0 Å². The summed E-state index contributed by atoms with van der Waals surface area (Å²) in [6, 6.07) is 10.7. The van der Waals surface area contributed by atoms with E-state index in [-0.39, 0.29) is 11.9 Å². The quantitative estimate of drug-likeness (QED) is 0.838. The minimum Gasteiger partial charge on any atom is -0.489 e. The highest BCUT2D eigenvalue weighted by Gasteiger charge is 2.23. The summed E-state index contributed by atoms with van der Waals surface area (Å²) in [5.74, 6) is 0.595. The normalized spacial score (nSPS) is 17.3. The molecule has 2 aromatic carbocycles. The molecule has 0 radical (unpaired) electrons. The van der Waals surface area contributed by atoms with Crippen LogP contribution in [0.25, 0.3) is 0 Å². The van der Waals surface area contributed by atoms with E-state index in [1.165, 1.54) is 6.07 Å². The Balaban J connectivity index is 1.95. The maximum Gasteiger partial charge on any atom is 0.142 e. The van der Waals surface area contributed by atoms with Crippen molar-refractivity contribution in [1.29, 1.82) is 0 Å². The third-order valence-corrected chi connectivity index (χ3v) is 3.70. The van der Waals surface area contributed by atoms with Crippen LogP contribution >= 0.6 is 15.9 Å². The van der Waals surface area contributed by atoms with Crippen molar-refractivity contribution in [1.82, 2.24) is 0 Å². The number of halogens is 2. The molecule has 0 aliphatic carbocycles. The number of anilines is 1. The Morgan fingerprint density at radius 1 is 1.26 bits per heavy atom. The summed E-state index contributed by atoms with van der Waals surface area (Å²) in [6.07, 6.45) is 0. The fourth-order valence-electron chi connectivity index (χ4n) is 2.23. The second kappa shape index (κ2) is 4.85. The molecule has 3 rings (SSSR count). The molecule has 1 aliphatic heterocycles. The Hall–Kier alpha value is -1.55. The Morgan fingerprint density at radius 2 is 2.11 bits per heavy atom. The molecule has 1 N–H and O–H groups in total. The first kappa shape index (κ1) is 12.5. The van der Waals surface area contributed by atoms with Crippen molar-refractivity contribution in [3.63, 3.8) is 0 Å². The van der Waals surface area contributed by atoms with Crippen LogP contribution in [-0.4, -0.2) is 6.61 Å². The van der Waals surface area contributed by atoms with E-state index < -0.39 is 0 Å². The van der Waals surface area contributed by atoms with Gasteiger partial charge in [0.05, 0.1) is 11.7 Å². The maximum absolute atomic E-state index is 13.9. The largest absolute Gasteiger partial charge is 0.489 e. The topological polar surface area (TPSA) is 21.3 Å². The molecule has 0 amide bonds.